The molecule has 0 saturated carbocycles. The summed E-state index contributed by atoms with van der Waals surface area (Å²) >= 11 is 2.22. The van der Waals surface area contributed by atoms with E-state index in [2.05, 4.69) is 58.6 Å². The van der Waals surface area contributed by atoms with Crippen LogP contribution in [0.25, 0.3) is 0 Å². The van der Waals surface area contributed by atoms with Crippen LogP contribution in [-0.4, -0.2) is 17.0 Å². The van der Waals surface area contributed by atoms with E-state index < -0.39 is 0 Å². The summed E-state index contributed by atoms with van der Waals surface area (Å²) in [4.78, 5) is 8.73. The van der Waals surface area contributed by atoms with Gasteiger partial charge in [0.1, 0.15) is 11.6 Å². The Labute approximate surface area is 92.5 Å². The van der Waals surface area contributed by atoms with E-state index in [-0.39, 0.29) is 5.41 Å². The Kier molecular flexibility index (Phi) is 3.10. The molecule has 0 saturated heterocycles. The minimum atomic E-state index is 0.00986. The molecule has 0 unspecified atom stereocenters. The molecule has 0 bridgehead atoms. The Morgan fingerprint density at radius 2 is 2.00 bits per heavy atom. The molecule has 0 aliphatic carbocycles. The van der Waals surface area contributed by atoms with E-state index in [9.17, 15) is 0 Å². The van der Waals surface area contributed by atoms with Crippen LogP contribution in [0.2, 0.25) is 0 Å². The van der Waals surface area contributed by atoms with Crippen molar-refractivity contribution in [1.82, 2.24) is 9.97 Å². The van der Waals surface area contributed by atoms with E-state index >= 15 is 0 Å². The first-order valence-corrected chi connectivity index (χ1v) is 5.24. The molecule has 0 spiro atoms. The highest BCUT2D eigenvalue weighted by atomic mass is 127. The van der Waals surface area contributed by atoms with E-state index in [1.807, 2.05) is 13.2 Å². The second-order valence-corrected chi connectivity index (χ2v) is 5.05. The Hall–Kier alpha value is -0.390. The summed E-state index contributed by atoms with van der Waals surface area (Å²) in [6.07, 6.45) is 1.85. The van der Waals surface area contributed by atoms with Gasteiger partial charge in [0, 0.05) is 18.7 Å². The number of rotatable bonds is 1. The minimum absolute atomic E-state index is 0.00986. The highest BCUT2D eigenvalue weighted by molar-refractivity contribution is 14.1. The van der Waals surface area contributed by atoms with Crippen LogP contribution in [0.3, 0.4) is 0 Å². The molecule has 0 aliphatic rings. The summed E-state index contributed by atoms with van der Waals surface area (Å²) in [7, 11) is 1.87. The van der Waals surface area contributed by atoms with Crippen molar-refractivity contribution in [1.29, 1.82) is 0 Å². The van der Waals surface area contributed by atoms with Crippen molar-refractivity contribution in [3.05, 3.63) is 15.6 Å². The zero-order chi connectivity index (χ0) is 10.1. The van der Waals surface area contributed by atoms with Crippen molar-refractivity contribution >= 4 is 28.4 Å². The van der Waals surface area contributed by atoms with Crippen LogP contribution in [0, 0.1) is 3.57 Å². The lowest BCUT2D eigenvalue weighted by atomic mass is 9.96. The Morgan fingerprint density at radius 3 is 2.46 bits per heavy atom. The summed E-state index contributed by atoms with van der Waals surface area (Å²) < 4.78 is 1.05. The quantitative estimate of drug-likeness (QED) is 0.807. The van der Waals surface area contributed by atoms with Crippen molar-refractivity contribution in [3.8, 4) is 0 Å². The van der Waals surface area contributed by atoms with Gasteiger partial charge in [0.25, 0.3) is 0 Å². The van der Waals surface area contributed by atoms with Crippen molar-refractivity contribution in [2.24, 2.45) is 0 Å². The number of nitrogens with zero attached hydrogens (tertiary/aromatic N) is 2. The molecule has 3 nitrogen and oxygen atoms in total. The van der Waals surface area contributed by atoms with Crippen molar-refractivity contribution in [3.63, 3.8) is 0 Å². The summed E-state index contributed by atoms with van der Waals surface area (Å²) in [5, 5.41) is 3.05. The predicted octanol–water partition coefficient (Wildman–Crippen LogP) is 2.42. The van der Waals surface area contributed by atoms with Crippen molar-refractivity contribution in [2.45, 2.75) is 26.2 Å². The largest absolute Gasteiger partial charge is 0.372 e. The van der Waals surface area contributed by atoms with Gasteiger partial charge in [-0.25, -0.2) is 9.97 Å². The lowest BCUT2D eigenvalue weighted by Gasteiger charge is -2.17. The molecular weight excluding hydrogens is 277 g/mol. The standard InChI is InChI=1S/C9H14IN3/c1-9(2,3)8-12-5-6(10)7(11-4)13-8/h5H,1-4H3,(H,11,12,13). The molecule has 0 aliphatic heterocycles. The van der Waals surface area contributed by atoms with E-state index in [1.54, 1.807) is 0 Å². The van der Waals surface area contributed by atoms with Crippen molar-refractivity contribution in [2.75, 3.05) is 12.4 Å². The lowest BCUT2D eigenvalue weighted by Crippen LogP contribution is -2.17. The molecule has 0 atom stereocenters. The second-order valence-electron chi connectivity index (χ2n) is 3.89. The Bertz CT molecular complexity index is 304. The average molecular weight is 291 g/mol. The topological polar surface area (TPSA) is 37.8 Å². The van der Waals surface area contributed by atoms with Gasteiger partial charge in [-0.05, 0) is 22.6 Å². The monoisotopic (exact) mass is 291 g/mol. The van der Waals surface area contributed by atoms with Crippen LogP contribution in [0.4, 0.5) is 5.82 Å². The third-order valence-electron chi connectivity index (χ3n) is 1.65. The van der Waals surface area contributed by atoms with Gasteiger partial charge >= 0.3 is 0 Å². The molecule has 72 valence electrons. The van der Waals surface area contributed by atoms with Crippen LogP contribution in [0.5, 0.6) is 0 Å². The highest BCUT2D eigenvalue weighted by Gasteiger charge is 2.18. The van der Waals surface area contributed by atoms with Gasteiger partial charge in [-0.2, -0.15) is 0 Å². The fourth-order valence-electron chi connectivity index (χ4n) is 0.904. The maximum atomic E-state index is 4.43. The first kappa shape index (κ1) is 10.7. The molecule has 0 amide bonds. The fraction of sp³-hybridized carbons (Fsp3) is 0.556. The summed E-state index contributed by atoms with van der Waals surface area (Å²) in [5.41, 5.74) is 0.00986. The van der Waals surface area contributed by atoms with Crippen LogP contribution in [0.15, 0.2) is 6.20 Å². The molecule has 1 heterocycles. The molecule has 0 fully saturated rings. The van der Waals surface area contributed by atoms with Crippen LogP contribution in [-0.2, 0) is 5.41 Å². The Balaban J connectivity index is 3.14. The molecule has 13 heavy (non-hydrogen) atoms. The molecule has 1 N–H and O–H groups in total. The van der Waals surface area contributed by atoms with E-state index in [0.717, 1.165) is 15.2 Å². The van der Waals surface area contributed by atoms with Gasteiger partial charge in [-0.15, -0.1) is 0 Å². The fourth-order valence-corrected chi connectivity index (χ4v) is 1.43. The van der Waals surface area contributed by atoms with Gasteiger partial charge < -0.3 is 5.32 Å². The third-order valence-corrected chi connectivity index (χ3v) is 2.44. The van der Waals surface area contributed by atoms with E-state index in [1.165, 1.54) is 0 Å². The second kappa shape index (κ2) is 3.77. The number of aromatic nitrogens is 2. The number of halogens is 1. The predicted molar refractivity (Wildman–Crippen MR) is 63.0 cm³/mol. The molecule has 4 heteroatoms. The van der Waals surface area contributed by atoms with Gasteiger partial charge in [0.2, 0.25) is 0 Å². The molecule has 0 radical (unpaired) electrons. The number of nitrogens with one attached hydrogen (secondary N) is 1. The maximum absolute atomic E-state index is 4.43. The molecule has 1 rings (SSSR count). The van der Waals surface area contributed by atoms with Gasteiger partial charge in [0.15, 0.2) is 0 Å². The summed E-state index contributed by atoms with van der Waals surface area (Å²) in [6, 6.07) is 0. The minimum Gasteiger partial charge on any atom is -0.372 e. The third kappa shape index (κ3) is 2.52. The molecule has 0 aromatic carbocycles. The van der Waals surface area contributed by atoms with Crippen LogP contribution < -0.4 is 5.32 Å². The number of anilines is 1. The molecule has 1 aromatic heterocycles. The molecule has 1 aromatic rings. The normalized spacial score (nSPS) is 11.5. The SMILES string of the molecule is CNc1nc(C(C)(C)C)ncc1I. The van der Waals surface area contributed by atoms with Crippen molar-refractivity contribution < 1.29 is 0 Å². The molecular formula is C9H14IN3. The van der Waals surface area contributed by atoms with Crippen LogP contribution >= 0.6 is 22.6 Å². The Morgan fingerprint density at radius 1 is 1.38 bits per heavy atom. The van der Waals surface area contributed by atoms with E-state index in [4.69, 9.17) is 0 Å². The summed E-state index contributed by atoms with van der Waals surface area (Å²) in [5.74, 6) is 1.78. The maximum Gasteiger partial charge on any atom is 0.142 e. The van der Waals surface area contributed by atoms with E-state index in [0.29, 0.717) is 0 Å². The number of hydrogen-bond donors (Lipinski definition) is 1. The first-order chi connectivity index (χ1) is 5.95. The van der Waals surface area contributed by atoms with Crippen LogP contribution in [0.1, 0.15) is 26.6 Å². The van der Waals surface area contributed by atoms with Gasteiger partial charge in [0.05, 0.1) is 3.57 Å². The first-order valence-electron chi connectivity index (χ1n) is 4.16. The lowest BCUT2D eigenvalue weighted by molar-refractivity contribution is 0.545. The van der Waals surface area contributed by atoms with Gasteiger partial charge in [-0.3, -0.25) is 0 Å². The highest BCUT2D eigenvalue weighted by Crippen LogP contribution is 2.21. The van der Waals surface area contributed by atoms with Gasteiger partial charge in [-0.1, -0.05) is 20.8 Å². The zero-order valence-corrected chi connectivity index (χ0v) is 10.5. The summed E-state index contributed by atoms with van der Waals surface area (Å²) in [6.45, 7) is 6.32. The zero-order valence-electron chi connectivity index (χ0n) is 8.35. The smallest absolute Gasteiger partial charge is 0.142 e. The average Bonchev–Trinajstić information content (AvgIpc) is 2.03. The number of hydrogen-bond acceptors (Lipinski definition) is 3.